The van der Waals surface area contributed by atoms with Crippen molar-refractivity contribution in [2.24, 2.45) is 0 Å². The summed E-state index contributed by atoms with van der Waals surface area (Å²) in [5.74, 6) is 2.20. The molecule has 0 fully saturated rings. The quantitative estimate of drug-likeness (QED) is 0.624. The molecule has 24 heavy (non-hydrogen) atoms. The summed E-state index contributed by atoms with van der Waals surface area (Å²) in [5, 5.41) is 13.2. The largest absolute Gasteiger partial charge is 0.497 e. The Balaban J connectivity index is 1.93. The van der Waals surface area contributed by atoms with Gasteiger partial charge in [-0.3, -0.25) is 4.40 Å². The van der Waals surface area contributed by atoms with E-state index < -0.39 is 0 Å². The van der Waals surface area contributed by atoms with Gasteiger partial charge in [-0.1, -0.05) is 0 Å². The number of imidazole rings is 1. The van der Waals surface area contributed by atoms with E-state index >= 15 is 0 Å². The molecule has 0 aliphatic rings. The van der Waals surface area contributed by atoms with Crippen LogP contribution in [-0.2, 0) is 0 Å². The minimum atomic E-state index is 0.566. The average Bonchev–Trinajstić information content (AvgIpc) is 3.20. The average molecular weight is 318 g/mol. The number of nitrogens with zero attached hydrogens (tertiary/aromatic N) is 3. The number of benzene rings is 1. The number of aromatic nitrogens is 2. The third-order valence-corrected chi connectivity index (χ3v) is 3.95. The van der Waals surface area contributed by atoms with Crippen LogP contribution in [0.4, 0.5) is 5.82 Å². The molecule has 1 aromatic carbocycles. The fourth-order valence-corrected chi connectivity index (χ4v) is 2.78. The van der Waals surface area contributed by atoms with Crippen molar-refractivity contribution in [2.75, 3.05) is 19.5 Å². The summed E-state index contributed by atoms with van der Waals surface area (Å²) in [6.07, 6.45) is 1.82. The van der Waals surface area contributed by atoms with Crippen LogP contribution in [0.25, 0.3) is 28.1 Å². The molecule has 0 saturated carbocycles. The second-order valence-corrected chi connectivity index (χ2v) is 5.33. The van der Waals surface area contributed by atoms with Crippen molar-refractivity contribution >= 4 is 22.4 Å². The monoisotopic (exact) mass is 318 g/mol. The van der Waals surface area contributed by atoms with Gasteiger partial charge in [-0.2, -0.15) is 5.26 Å². The van der Waals surface area contributed by atoms with E-state index in [0.717, 1.165) is 22.5 Å². The molecule has 118 valence electrons. The molecule has 3 heterocycles. The van der Waals surface area contributed by atoms with E-state index in [1.54, 1.807) is 19.2 Å². The van der Waals surface area contributed by atoms with Crippen LogP contribution in [-0.4, -0.2) is 23.5 Å². The van der Waals surface area contributed by atoms with Gasteiger partial charge in [-0.25, -0.2) is 4.98 Å². The fourth-order valence-electron chi connectivity index (χ4n) is 2.78. The molecule has 4 aromatic rings. The number of anilines is 1. The lowest BCUT2D eigenvalue weighted by Crippen LogP contribution is -1.95. The molecule has 0 bridgehead atoms. The van der Waals surface area contributed by atoms with Gasteiger partial charge in [0, 0.05) is 24.7 Å². The maximum Gasteiger partial charge on any atom is 0.157 e. The highest BCUT2D eigenvalue weighted by Gasteiger charge is 2.17. The molecular formula is C18H14N4O2. The van der Waals surface area contributed by atoms with E-state index in [2.05, 4.69) is 16.4 Å². The Morgan fingerprint density at radius 2 is 2.12 bits per heavy atom. The first-order chi connectivity index (χ1) is 11.7. The summed E-state index contributed by atoms with van der Waals surface area (Å²) in [6, 6.07) is 13.3. The van der Waals surface area contributed by atoms with Crippen LogP contribution in [0.1, 0.15) is 5.56 Å². The van der Waals surface area contributed by atoms with Crippen LogP contribution in [0.2, 0.25) is 0 Å². The zero-order valence-corrected chi connectivity index (χ0v) is 13.2. The Labute approximate surface area is 137 Å². The zero-order valence-electron chi connectivity index (χ0n) is 13.2. The molecule has 0 unspecified atom stereocenters. The van der Waals surface area contributed by atoms with Gasteiger partial charge < -0.3 is 14.5 Å². The first kappa shape index (κ1) is 14.2. The predicted octanol–water partition coefficient (Wildman–Crippen LogP) is 3.67. The van der Waals surface area contributed by atoms with E-state index in [-0.39, 0.29) is 0 Å². The Morgan fingerprint density at radius 3 is 2.88 bits per heavy atom. The lowest BCUT2D eigenvalue weighted by Gasteiger charge is -2.01. The van der Waals surface area contributed by atoms with Gasteiger partial charge in [0.1, 0.15) is 28.5 Å². The Morgan fingerprint density at radius 1 is 1.25 bits per heavy atom. The number of fused-ring (bicyclic) bond motifs is 2. The van der Waals surface area contributed by atoms with E-state index in [0.29, 0.717) is 22.7 Å². The lowest BCUT2D eigenvalue weighted by molar-refractivity contribution is 0.414. The van der Waals surface area contributed by atoms with Crippen molar-refractivity contribution < 1.29 is 9.15 Å². The summed E-state index contributed by atoms with van der Waals surface area (Å²) >= 11 is 0. The van der Waals surface area contributed by atoms with Gasteiger partial charge in [0.15, 0.2) is 5.76 Å². The number of hydrogen-bond donors (Lipinski definition) is 1. The minimum absolute atomic E-state index is 0.566. The molecule has 0 radical (unpaired) electrons. The fraction of sp³-hybridized carbons (Fsp3) is 0.111. The van der Waals surface area contributed by atoms with Crippen molar-refractivity contribution in [3.8, 4) is 23.3 Å². The second-order valence-electron chi connectivity index (χ2n) is 5.33. The summed E-state index contributed by atoms with van der Waals surface area (Å²) in [7, 11) is 3.45. The highest BCUT2D eigenvalue weighted by molar-refractivity contribution is 5.86. The number of rotatable bonds is 3. The molecular weight excluding hydrogens is 304 g/mol. The van der Waals surface area contributed by atoms with Crippen LogP contribution in [0, 0.1) is 11.3 Å². The predicted molar refractivity (Wildman–Crippen MR) is 91.2 cm³/mol. The zero-order chi connectivity index (χ0) is 16.7. The van der Waals surface area contributed by atoms with Crippen molar-refractivity contribution in [3.63, 3.8) is 0 Å². The number of methoxy groups -OCH3 is 1. The highest BCUT2D eigenvalue weighted by Crippen LogP contribution is 2.34. The highest BCUT2D eigenvalue weighted by atomic mass is 16.5. The van der Waals surface area contributed by atoms with Crippen molar-refractivity contribution in [2.45, 2.75) is 0 Å². The Hall–Kier alpha value is -3.46. The summed E-state index contributed by atoms with van der Waals surface area (Å²) < 4.78 is 13.1. The first-order valence-electron chi connectivity index (χ1n) is 7.41. The smallest absolute Gasteiger partial charge is 0.157 e. The molecule has 0 saturated heterocycles. The van der Waals surface area contributed by atoms with Crippen LogP contribution in [0.5, 0.6) is 5.75 Å². The van der Waals surface area contributed by atoms with E-state index in [4.69, 9.17) is 14.4 Å². The van der Waals surface area contributed by atoms with E-state index in [1.165, 1.54) is 0 Å². The van der Waals surface area contributed by atoms with Crippen molar-refractivity contribution in [3.05, 3.63) is 48.2 Å². The minimum Gasteiger partial charge on any atom is -0.497 e. The van der Waals surface area contributed by atoms with Gasteiger partial charge in [-0.05, 0) is 30.3 Å². The van der Waals surface area contributed by atoms with Crippen LogP contribution in [0.3, 0.4) is 0 Å². The van der Waals surface area contributed by atoms with Crippen LogP contribution >= 0.6 is 0 Å². The third-order valence-electron chi connectivity index (χ3n) is 3.95. The maximum atomic E-state index is 9.06. The molecule has 0 spiro atoms. The number of nitrogens with one attached hydrogen (secondary N) is 1. The lowest BCUT2D eigenvalue weighted by atomic mass is 10.2. The number of ether oxygens (including phenoxy) is 1. The molecule has 0 amide bonds. The van der Waals surface area contributed by atoms with Gasteiger partial charge in [0.05, 0.1) is 18.7 Å². The van der Waals surface area contributed by atoms with Gasteiger partial charge >= 0.3 is 0 Å². The molecule has 1 N–H and O–H groups in total. The number of furan rings is 1. The first-order valence-corrected chi connectivity index (χ1v) is 7.41. The molecule has 0 aliphatic heterocycles. The molecule has 0 aliphatic carbocycles. The van der Waals surface area contributed by atoms with Crippen molar-refractivity contribution in [1.29, 1.82) is 5.26 Å². The third kappa shape index (κ3) is 2.07. The van der Waals surface area contributed by atoms with Gasteiger partial charge in [0.25, 0.3) is 0 Å². The molecule has 3 aromatic heterocycles. The van der Waals surface area contributed by atoms with Gasteiger partial charge in [0.2, 0.25) is 0 Å². The SMILES string of the molecule is CNc1c(-c2cc3ccc(OC)cc3o2)nc2cc(C#N)ccn12. The number of nitriles is 1. The molecule has 4 rings (SSSR count). The van der Waals surface area contributed by atoms with E-state index in [9.17, 15) is 0 Å². The number of pyridine rings is 1. The molecule has 6 heteroatoms. The molecule has 0 atom stereocenters. The summed E-state index contributed by atoms with van der Waals surface area (Å²) in [5.41, 5.74) is 2.69. The second kappa shape index (κ2) is 5.32. The topological polar surface area (TPSA) is 75.5 Å². The molecule has 6 nitrogen and oxygen atoms in total. The van der Waals surface area contributed by atoms with Crippen molar-refractivity contribution in [1.82, 2.24) is 9.38 Å². The normalized spacial score (nSPS) is 10.9. The Kier molecular flexibility index (Phi) is 3.14. The van der Waals surface area contributed by atoms with Crippen LogP contribution < -0.4 is 10.1 Å². The van der Waals surface area contributed by atoms with Crippen LogP contribution in [0.15, 0.2) is 47.0 Å². The summed E-state index contributed by atoms with van der Waals surface area (Å²) in [4.78, 5) is 4.62. The van der Waals surface area contributed by atoms with E-state index in [1.807, 2.05) is 41.9 Å². The maximum absolute atomic E-state index is 9.06. The standard InChI is InChI=1S/C18H14N4O2/c1-20-18-17(21-16-7-11(10-19)5-6-22(16)18)15-8-12-3-4-13(23-2)9-14(12)24-15/h3-9,20H,1-2H3. The summed E-state index contributed by atoms with van der Waals surface area (Å²) in [6.45, 7) is 0. The Bertz CT molecular complexity index is 1100. The van der Waals surface area contributed by atoms with Gasteiger partial charge in [-0.15, -0.1) is 0 Å². The number of hydrogen-bond acceptors (Lipinski definition) is 5.